The van der Waals surface area contributed by atoms with Gasteiger partial charge in [-0.1, -0.05) is 0 Å². The molecule has 1 N–H and O–H groups in total. The van der Waals surface area contributed by atoms with Crippen molar-refractivity contribution in [1.82, 2.24) is 14.5 Å². The summed E-state index contributed by atoms with van der Waals surface area (Å²) in [6.07, 6.45) is 6.79. The third-order valence-electron chi connectivity index (χ3n) is 4.54. The van der Waals surface area contributed by atoms with E-state index in [1.54, 1.807) is 28.3 Å². The lowest BCUT2D eigenvalue weighted by atomic mass is 10.1. The number of fused-ring (bicyclic) bond motifs is 3. The Kier molecular flexibility index (Phi) is 4.09. The quantitative estimate of drug-likeness (QED) is 0.761. The van der Waals surface area contributed by atoms with Gasteiger partial charge in [-0.15, -0.1) is 11.3 Å². The molecule has 0 saturated heterocycles. The van der Waals surface area contributed by atoms with Crippen molar-refractivity contribution >= 4 is 27.5 Å². The number of aliphatic carboxylic acids is 1. The van der Waals surface area contributed by atoms with E-state index in [-0.39, 0.29) is 12.0 Å². The summed E-state index contributed by atoms with van der Waals surface area (Å²) in [5.41, 5.74) is 1.91. The number of hydrogen-bond donors (Lipinski definition) is 1. The van der Waals surface area contributed by atoms with Crippen molar-refractivity contribution in [3.63, 3.8) is 0 Å². The fraction of sp³-hybridized carbons (Fsp3) is 0.333. The average Bonchev–Trinajstić information content (AvgIpc) is 3.17. The number of hydrogen-bond acceptors (Lipinski definition) is 5. The van der Waals surface area contributed by atoms with Crippen molar-refractivity contribution < 1.29 is 9.90 Å². The smallest absolute Gasteiger partial charge is 0.303 e. The van der Waals surface area contributed by atoms with Gasteiger partial charge in [0.1, 0.15) is 10.7 Å². The van der Waals surface area contributed by atoms with E-state index in [1.807, 2.05) is 12.1 Å². The van der Waals surface area contributed by atoms with Crippen LogP contribution in [0.1, 0.15) is 29.7 Å². The predicted octanol–water partition coefficient (Wildman–Crippen LogP) is 2.87. The van der Waals surface area contributed by atoms with Crippen LogP contribution >= 0.6 is 11.3 Å². The first-order valence-corrected chi connectivity index (χ1v) is 9.14. The summed E-state index contributed by atoms with van der Waals surface area (Å²) in [6, 6.07) is 3.64. The first kappa shape index (κ1) is 16.0. The monoisotopic (exact) mass is 355 g/mol. The molecular formula is C18H17N3O3S. The number of carboxylic acids is 1. The van der Waals surface area contributed by atoms with Gasteiger partial charge in [-0.05, 0) is 43.4 Å². The zero-order valence-corrected chi connectivity index (χ0v) is 14.4. The van der Waals surface area contributed by atoms with Crippen LogP contribution in [0.2, 0.25) is 0 Å². The third-order valence-corrected chi connectivity index (χ3v) is 5.72. The summed E-state index contributed by atoms with van der Waals surface area (Å²) in [4.78, 5) is 34.9. The Hall–Kier alpha value is -2.54. The number of aryl methyl sites for hydroxylation is 2. The summed E-state index contributed by atoms with van der Waals surface area (Å²) in [5.74, 6) is -0.269. The molecule has 0 amide bonds. The van der Waals surface area contributed by atoms with Crippen LogP contribution in [-0.2, 0) is 24.2 Å². The van der Waals surface area contributed by atoms with Crippen molar-refractivity contribution in [2.24, 2.45) is 0 Å². The largest absolute Gasteiger partial charge is 0.481 e. The van der Waals surface area contributed by atoms with Crippen molar-refractivity contribution in [3.05, 3.63) is 45.3 Å². The Morgan fingerprint density at radius 1 is 1.28 bits per heavy atom. The van der Waals surface area contributed by atoms with Crippen LogP contribution in [0, 0.1) is 0 Å². The van der Waals surface area contributed by atoms with E-state index in [4.69, 9.17) is 10.1 Å². The molecule has 0 radical (unpaired) electrons. The first-order chi connectivity index (χ1) is 12.1. The number of aromatic nitrogens is 3. The molecule has 1 aliphatic rings. The van der Waals surface area contributed by atoms with Crippen LogP contribution in [0.25, 0.3) is 21.6 Å². The van der Waals surface area contributed by atoms with Crippen LogP contribution < -0.4 is 5.56 Å². The Morgan fingerprint density at radius 3 is 2.84 bits per heavy atom. The molecular weight excluding hydrogens is 338 g/mol. The number of thiophene rings is 1. The first-order valence-electron chi connectivity index (χ1n) is 8.32. The van der Waals surface area contributed by atoms with E-state index in [2.05, 4.69) is 4.98 Å². The van der Waals surface area contributed by atoms with Crippen LogP contribution in [0.4, 0.5) is 0 Å². The zero-order valence-electron chi connectivity index (χ0n) is 13.6. The second kappa shape index (κ2) is 6.40. The maximum Gasteiger partial charge on any atom is 0.303 e. The van der Waals surface area contributed by atoms with Gasteiger partial charge in [0.25, 0.3) is 5.56 Å². The standard InChI is InChI=1S/C18H17N3O3S/c22-14(23)5-2-10-21-16(11-6-8-19-9-7-11)20-17-15(18(21)24)12-3-1-4-13(12)25-17/h6-9H,1-5,10H2,(H,22,23). The predicted molar refractivity (Wildman–Crippen MR) is 96.0 cm³/mol. The minimum absolute atomic E-state index is 0.0298. The second-order valence-electron chi connectivity index (χ2n) is 6.16. The van der Waals surface area contributed by atoms with Crippen LogP contribution in [0.15, 0.2) is 29.3 Å². The highest BCUT2D eigenvalue weighted by molar-refractivity contribution is 7.18. The van der Waals surface area contributed by atoms with Crippen molar-refractivity contribution in [2.45, 2.75) is 38.6 Å². The molecule has 1 aliphatic carbocycles. The van der Waals surface area contributed by atoms with Crippen LogP contribution in [-0.4, -0.2) is 25.6 Å². The van der Waals surface area contributed by atoms with Gasteiger partial charge < -0.3 is 5.11 Å². The normalized spacial score (nSPS) is 13.3. The molecule has 3 aromatic rings. The topological polar surface area (TPSA) is 85.1 Å². The van der Waals surface area contributed by atoms with E-state index in [9.17, 15) is 9.59 Å². The molecule has 0 bridgehead atoms. The van der Waals surface area contributed by atoms with Gasteiger partial charge in [-0.25, -0.2) is 4.98 Å². The molecule has 128 valence electrons. The van der Waals surface area contributed by atoms with Gasteiger partial charge in [0.05, 0.1) is 5.39 Å². The van der Waals surface area contributed by atoms with E-state index < -0.39 is 5.97 Å². The van der Waals surface area contributed by atoms with Crippen molar-refractivity contribution in [1.29, 1.82) is 0 Å². The molecule has 0 unspecified atom stereocenters. The number of rotatable bonds is 5. The highest BCUT2D eigenvalue weighted by Gasteiger charge is 2.23. The lowest BCUT2D eigenvalue weighted by molar-refractivity contribution is -0.137. The average molecular weight is 355 g/mol. The Balaban J connectivity index is 1.89. The summed E-state index contributed by atoms with van der Waals surface area (Å²) in [7, 11) is 0. The molecule has 6 nitrogen and oxygen atoms in total. The lowest BCUT2D eigenvalue weighted by Gasteiger charge is -2.12. The van der Waals surface area contributed by atoms with Crippen LogP contribution in [0.3, 0.4) is 0 Å². The minimum Gasteiger partial charge on any atom is -0.481 e. The fourth-order valence-electron chi connectivity index (χ4n) is 3.39. The number of carbonyl (C=O) groups is 1. The van der Waals surface area contributed by atoms with Gasteiger partial charge >= 0.3 is 5.97 Å². The Labute approximate surface area is 147 Å². The van der Waals surface area contributed by atoms with Gasteiger partial charge in [0.15, 0.2) is 0 Å². The highest BCUT2D eigenvalue weighted by atomic mass is 32.1. The van der Waals surface area contributed by atoms with Gasteiger partial charge in [0.2, 0.25) is 0 Å². The summed E-state index contributed by atoms with van der Waals surface area (Å²) >= 11 is 1.61. The fourth-order valence-corrected chi connectivity index (χ4v) is 4.65. The molecule has 0 saturated carbocycles. The van der Waals surface area contributed by atoms with E-state index >= 15 is 0 Å². The van der Waals surface area contributed by atoms with Crippen LogP contribution in [0.5, 0.6) is 0 Å². The highest BCUT2D eigenvalue weighted by Crippen LogP contribution is 2.35. The maximum absolute atomic E-state index is 13.2. The van der Waals surface area contributed by atoms with E-state index in [0.29, 0.717) is 18.8 Å². The molecule has 0 fully saturated rings. The summed E-state index contributed by atoms with van der Waals surface area (Å²) < 4.78 is 1.63. The number of carboxylic acid groups (broad SMARTS) is 1. The van der Waals surface area contributed by atoms with Gasteiger partial charge in [0, 0.05) is 35.8 Å². The molecule has 7 heteroatoms. The molecule has 0 spiro atoms. The van der Waals surface area contributed by atoms with Crippen molar-refractivity contribution in [2.75, 3.05) is 0 Å². The molecule has 4 rings (SSSR count). The molecule has 0 atom stereocenters. The van der Waals surface area contributed by atoms with E-state index in [0.717, 1.165) is 40.6 Å². The third kappa shape index (κ3) is 2.84. The maximum atomic E-state index is 13.2. The molecule has 25 heavy (non-hydrogen) atoms. The SMILES string of the molecule is O=C(O)CCCn1c(-c2ccncc2)nc2sc3c(c2c1=O)CCC3. The summed E-state index contributed by atoms with van der Waals surface area (Å²) in [5, 5.41) is 9.63. The Bertz CT molecular complexity index is 1010. The molecule has 3 heterocycles. The van der Waals surface area contributed by atoms with E-state index in [1.165, 1.54) is 4.88 Å². The molecule has 0 aromatic carbocycles. The second-order valence-corrected chi connectivity index (χ2v) is 7.25. The van der Waals surface area contributed by atoms with Crippen molar-refractivity contribution in [3.8, 4) is 11.4 Å². The number of pyridine rings is 1. The minimum atomic E-state index is -0.857. The zero-order chi connectivity index (χ0) is 17.4. The molecule has 0 aliphatic heterocycles. The molecule has 3 aromatic heterocycles. The van der Waals surface area contributed by atoms with Gasteiger partial charge in [-0.3, -0.25) is 19.1 Å². The van der Waals surface area contributed by atoms with Gasteiger partial charge in [-0.2, -0.15) is 0 Å². The lowest BCUT2D eigenvalue weighted by Crippen LogP contribution is -2.24. The Morgan fingerprint density at radius 2 is 2.08 bits per heavy atom. The summed E-state index contributed by atoms with van der Waals surface area (Å²) in [6.45, 7) is 0.344. The number of nitrogens with zero attached hydrogens (tertiary/aromatic N) is 3.